The number of nitrogens with zero attached hydrogens (tertiary/aromatic N) is 1. The summed E-state index contributed by atoms with van der Waals surface area (Å²) in [6.45, 7) is 3.90. The fraction of sp³-hybridized carbons (Fsp3) is 0.417. The van der Waals surface area contributed by atoms with Crippen molar-refractivity contribution in [2.45, 2.75) is 25.1 Å². The lowest BCUT2D eigenvalue weighted by Crippen LogP contribution is -2.34. The molecule has 0 heterocycles. The van der Waals surface area contributed by atoms with Crippen LogP contribution < -0.4 is 5.73 Å². The largest absolute Gasteiger partial charge is 0.325 e. The van der Waals surface area contributed by atoms with E-state index in [4.69, 9.17) is 11.0 Å². The average Bonchev–Trinajstić information content (AvgIpc) is 2.14. The third-order valence-electron chi connectivity index (χ3n) is 1.83. The first-order chi connectivity index (χ1) is 7.40. The van der Waals surface area contributed by atoms with E-state index in [9.17, 15) is 4.39 Å². The molecule has 0 aromatic heterocycles. The van der Waals surface area contributed by atoms with Crippen LogP contribution in [0.25, 0.3) is 0 Å². The van der Waals surface area contributed by atoms with E-state index in [-0.39, 0.29) is 11.4 Å². The average molecular weight is 238 g/mol. The quantitative estimate of drug-likeness (QED) is 0.877. The summed E-state index contributed by atoms with van der Waals surface area (Å²) in [5.41, 5.74) is 6.80. The SMILES string of the molecule is CC(C)(N)CSCc1cc(F)cc(C#N)c1. The molecule has 0 fully saturated rings. The van der Waals surface area contributed by atoms with Crippen LogP contribution in [0.4, 0.5) is 4.39 Å². The molecule has 0 unspecified atom stereocenters. The predicted octanol–water partition coefficient (Wildman–Crippen LogP) is 2.67. The predicted molar refractivity (Wildman–Crippen MR) is 65.5 cm³/mol. The van der Waals surface area contributed by atoms with Gasteiger partial charge in [-0.3, -0.25) is 0 Å². The molecule has 2 N–H and O–H groups in total. The number of benzene rings is 1. The lowest BCUT2D eigenvalue weighted by atomic mass is 10.1. The highest BCUT2D eigenvalue weighted by Gasteiger charge is 2.10. The maximum absolute atomic E-state index is 13.1. The van der Waals surface area contributed by atoms with Crippen molar-refractivity contribution in [2.75, 3.05) is 5.75 Å². The van der Waals surface area contributed by atoms with Gasteiger partial charge in [0.1, 0.15) is 5.82 Å². The molecule has 4 heteroatoms. The summed E-state index contributed by atoms with van der Waals surface area (Å²) < 4.78 is 13.1. The standard InChI is InChI=1S/C12H15FN2S/c1-12(2,15)8-16-7-10-3-9(6-14)4-11(13)5-10/h3-5H,7-8,15H2,1-2H3. The lowest BCUT2D eigenvalue weighted by molar-refractivity contribution is 0.591. The van der Waals surface area contributed by atoms with Crippen LogP contribution in [0.3, 0.4) is 0 Å². The molecule has 1 rings (SSSR count). The number of thioether (sulfide) groups is 1. The number of halogens is 1. The Balaban J connectivity index is 2.61. The molecular formula is C12H15FN2S. The fourth-order valence-corrected chi connectivity index (χ4v) is 2.26. The molecule has 86 valence electrons. The highest BCUT2D eigenvalue weighted by Crippen LogP contribution is 2.18. The van der Waals surface area contributed by atoms with E-state index in [2.05, 4.69) is 0 Å². The van der Waals surface area contributed by atoms with Crippen LogP contribution >= 0.6 is 11.8 Å². The minimum atomic E-state index is -0.360. The Morgan fingerprint density at radius 1 is 1.44 bits per heavy atom. The summed E-state index contributed by atoms with van der Waals surface area (Å²) in [6.07, 6.45) is 0. The van der Waals surface area contributed by atoms with Crippen LogP contribution in [0.15, 0.2) is 18.2 Å². The van der Waals surface area contributed by atoms with Crippen LogP contribution in [0, 0.1) is 17.1 Å². The van der Waals surface area contributed by atoms with Crippen LogP contribution in [0.1, 0.15) is 25.0 Å². The van der Waals surface area contributed by atoms with Crippen LogP contribution in [0.5, 0.6) is 0 Å². The smallest absolute Gasteiger partial charge is 0.124 e. The molecule has 0 saturated carbocycles. The van der Waals surface area contributed by atoms with Gasteiger partial charge >= 0.3 is 0 Å². The van der Waals surface area contributed by atoms with Gasteiger partial charge in [-0.1, -0.05) is 0 Å². The van der Waals surface area contributed by atoms with E-state index in [1.165, 1.54) is 12.1 Å². The van der Waals surface area contributed by atoms with Gasteiger partial charge in [0, 0.05) is 17.0 Å². The second kappa shape index (κ2) is 5.33. The van der Waals surface area contributed by atoms with E-state index in [0.29, 0.717) is 11.3 Å². The van der Waals surface area contributed by atoms with Crippen molar-refractivity contribution in [3.63, 3.8) is 0 Å². The molecule has 0 aliphatic rings. The Morgan fingerprint density at radius 2 is 2.12 bits per heavy atom. The second-order valence-corrected chi connectivity index (χ2v) is 5.43. The third kappa shape index (κ3) is 4.65. The highest BCUT2D eigenvalue weighted by atomic mass is 32.2. The maximum atomic E-state index is 13.1. The van der Waals surface area contributed by atoms with Gasteiger partial charge in [0.2, 0.25) is 0 Å². The van der Waals surface area contributed by atoms with Gasteiger partial charge in [-0.2, -0.15) is 17.0 Å². The van der Waals surface area contributed by atoms with Crippen molar-refractivity contribution in [3.05, 3.63) is 35.1 Å². The molecule has 0 bridgehead atoms. The molecule has 0 spiro atoms. The fourth-order valence-electron chi connectivity index (χ4n) is 1.23. The molecule has 0 atom stereocenters. The Morgan fingerprint density at radius 3 is 2.69 bits per heavy atom. The van der Waals surface area contributed by atoms with Crippen molar-refractivity contribution in [2.24, 2.45) is 5.73 Å². The molecule has 0 amide bonds. The molecule has 0 aliphatic heterocycles. The Bertz CT molecular complexity index is 404. The van der Waals surface area contributed by atoms with Gasteiger partial charge in [-0.15, -0.1) is 0 Å². The molecule has 1 aromatic carbocycles. The van der Waals surface area contributed by atoms with Crippen molar-refractivity contribution in [1.82, 2.24) is 0 Å². The topological polar surface area (TPSA) is 49.8 Å². The monoisotopic (exact) mass is 238 g/mol. The van der Waals surface area contributed by atoms with Gasteiger partial charge in [-0.05, 0) is 37.6 Å². The molecule has 2 nitrogen and oxygen atoms in total. The van der Waals surface area contributed by atoms with Gasteiger partial charge in [-0.25, -0.2) is 4.39 Å². The minimum absolute atomic E-state index is 0.226. The Kier molecular flexibility index (Phi) is 4.34. The maximum Gasteiger partial charge on any atom is 0.124 e. The zero-order chi connectivity index (χ0) is 12.2. The second-order valence-electron chi connectivity index (χ2n) is 4.44. The molecular weight excluding hydrogens is 223 g/mol. The lowest BCUT2D eigenvalue weighted by Gasteiger charge is -2.17. The summed E-state index contributed by atoms with van der Waals surface area (Å²) in [7, 11) is 0. The molecule has 0 saturated heterocycles. The first kappa shape index (κ1) is 13.0. The van der Waals surface area contributed by atoms with Crippen molar-refractivity contribution in [3.8, 4) is 6.07 Å². The highest BCUT2D eigenvalue weighted by molar-refractivity contribution is 7.98. The van der Waals surface area contributed by atoms with Crippen molar-refractivity contribution in [1.29, 1.82) is 5.26 Å². The first-order valence-corrected chi connectivity index (χ1v) is 6.12. The zero-order valence-electron chi connectivity index (χ0n) is 9.46. The van der Waals surface area contributed by atoms with E-state index in [1.807, 2.05) is 19.9 Å². The molecule has 1 aromatic rings. The molecule has 0 aliphatic carbocycles. The Hall–Kier alpha value is -1.05. The summed E-state index contributed by atoms with van der Waals surface area (Å²) >= 11 is 1.64. The summed E-state index contributed by atoms with van der Waals surface area (Å²) in [6, 6.07) is 6.34. The molecule has 16 heavy (non-hydrogen) atoms. The van der Waals surface area contributed by atoms with Gasteiger partial charge in [0.25, 0.3) is 0 Å². The number of nitriles is 1. The molecule has 0 radical (unpaired) electrons. The Labute approximate surface area is 99.6 Å². The van der Waals surface area contributed by atoms with Gasteiger partial charge in [0.05, 0.1) is 11.6 Å². The van der Waals surface area contributed by atoms with Crippen LogP contribution in [-0.2, 0) is 5.75 Å². The van der Waals surface area contributed by atoms with E-state index < -0.39 is 0 Å². The summed E-state index contributed by atoms with van der Waals surface area (Å²) in [5.74, 6) is 1.11. The van der Waals surface area contributed by atoms with E-state index in [1.54, 1.807) is 17.8 Å². The van der Waals surface area contributed by atoms with E-state index in [0.717, 1.165) is 11.3 Å². The van der Waals surface area contributed by atoms with Crippen LogP contribution in [-0.4, -0.2) is 11.3 Å². The zero-order valence-corrected chi connectivity index (χ0v) is 10.3. The number of hydrogen-bond donors (Lipinski definition) is 1. The third-order valence-corrected chi connectivity index (χ3v) is 3.32. The van der Waals surface area contributed by atoms with E-state index >= 15 is 0 Å². The first-order valence-electron chi connectivity index (χ1n) is 4.97. The van der Waals surface area contributed by atoms with Gasteiger partial charge < -0.3 is 5.73 Å². The number of nitrogens with two attached hydrogens (primary N) is 1. The van der Waals surface area contributed by atoms with Crippen molar-refractivity contribution >= 4 is 11.8 Å². The van der Waals surface area contributed by atoms with Crippen molar-refractivity contribution < 1.29 is 4.39 Å². The van der Waals surface area contributed by atoms with Crippen LogP contribution in [0.2, 0.25) is 0 Å². The van der Waals surface area contributed by atoms with Gasteiger partial charge in [0.15, 0.2) is 0 Å². The minimum Gasteiger partial charge on any atom is -0.325 e. The number of rotatable bonds is 4. The summed E-state index contributed by atoms with van der Waals surface area (Å²) in [4.78, 5) is 0. The summed E-state index contributed by atoms with van der Waals surface area (Å²) in [5, 5.41) is 8.70. The normalized spacial score (nSPS) is 11.2. The number of hydrogen-bond acceptors (Lipinski definition) is 3.